The van der Waals surface area contributed by atoms with Gasteiger partial charge >= 0.3 is 0 Å². The summed E-state index contributed by atoms with van der Waals surface area (Å²) in [6.45, 7) is 4.95. The smallest absolute Gasteiger partial charge is 0.231 e. The van der Waals surface area contributed by atoms with Gasteiger partial charge in [-0.25, -0.2) is 0 Å². The van der Waals surface area contributed by atoms with E-state index in [2.05, 4.69) is 9.88 Å². The van der Waals surface area contributed by atoms with Gasteiger partial charge < -0.3 is 23.7 Å². The van der Waals surface area contributed by atoms with Crippen molar-refractivity contribution in [2.75, 3.05) is 40.3 Å². The number of ether oxygens (including phenoxy) is 5. The maximum absolute atomic E-state index is 13.0. The first-order valence-electron chi connectivity index (χ1n) is 11.9. The van der Waals surface area contributed by atoms with Gasteiger partial charge in [0.05, 0.1) is 44.7 Å². The van der Waals surface area contributed by atoms with Crippen LogP contribution in [-0.4, -0.2) is 55.9 Å². The van der Waals surface area contributed by atoms with E-state index in [0.717, 1.165) is 55.4 Å². The fourth-order valence-corrected chi connectivity index (χ4v) is 4.22. The Hall–Kier alpha value is -3.72. The third-order valence-corrected chi connectivity index (χ3v) is 6.01. The standard InChI is InChI=1S/C24H20N2O4.C4H8O2/c1-28-20-5-3-2-4-17(20)12-22-23(27)18-6-7-21-19(24(18)30-22)14-26(15-29-21)13-16-8-10-25-11-9-16;1-2-6-4-3-5-1/h2-12H,13-15H2,1H3;1-4H2. The molecule has 0 N–H and O–H groups in total. The zero-order chi connectivity index (χ0) is 24.7. The second kappa shape index (κ2) is 11.3. The molecule has 0 spiro atoms. The molecule has 186 valence electrons. The van der Waals surface area contributed by atoms with Crippen molar-refractivity contribution in [1.29, 1.82) is 0 Å². The quantitative estimate of drug-likeness (QED) is 0.508. The highest BCUT2D eigenvalue weighted by Gasteiger charge is 2.33. The molecule has 36 heavy (non-hydrogen) atoms. The first kappa shape index (κ1) is 24.0. The van der Waals surface area contributed by atoms with Crippen LogP contribution in [0.25, 0.3) is 6.08 Å². The summed E-state index contributed by atoms with van der Waals surface area (Å²) in [4.78, 5) is 19.2. The van der Waals surface area contributed by atoms with E-state index in [1.54, 1.807) is 31.6 Å². The maximum Gasteiger partial charge on any atom is 0.231 e. The highest BCUT2D eigenvalue weighted by Crippen LogP contribution is 2.42. The summed E-state index contributed by atoms with van der Waals surface area (Å²) in [6, 6.07) is 15.1. The Balaban J connectivity index is 0.000000391. The minimum Gasteiger partial charge on any atom is -0.496 e. The molecule has 0 amide bonds. The van der Waals surface area contributed by atoms with Crippen LogP contribution in [0.5, 0.6) is 17.2 Å². The van der Waals surface area contributed by atoms with Gasteiger partial charge in [-0.1, -0.05) is 18.2 Å². The topological polar surface area (TPSA) is 79.3 Å². The number of methoxy groups -OCH3 is 1. The van der Waals surface area contributed by atoms with Crippen LogP contribution in [0.2, 0.25) is 0 Å². The van der Waals surface area contributed by atoms with Gasteiger partial charge in [-0.3, -0.25) is 14.7 Å². The molecule has 4 heterocycles. The van der Waals surface area contributed by atoms with E-state index in [1.165, 1.54) is 0 Å². The van der Waals surface area contributed by atoms with Gasteiger partial charge in [-0.2, -0.15) is 0 Å². The maximum atomic E-state index is 13.0. The average Bonchev–Trinajstić information content (AvgIpc) is 3.26. The van der Waals surface area contributed by atoms with Crippen molar-refractivity contribution in [3.63, 3.8) is 0 Å². The third-order valence-electron chi connectivity index (χ3n) is 6.01. The number of Topliss-reactive ketones (excluding diaryl/α,β-unsaturated/α-hetero) is 1. The molecule has 0 unspecified atom stereocenters. The zero-order valence-electron chi connectivity index (χ0n) is 20.1. The lowest BCUT2D eigenvalue weighted by molar-refractivity contribution is -0.0334. The van der Waals surface area contributed by atoms with Gasteiger partial charge in [0.15, 0.2) is 5.76 Å². The minimum atomic E-state index is -0.134. The molecule has 0 radical (unpaired) electrons. The van der Waals surface area contributed by atoms with Crippen LogP contribution in [0, 0.1) is 0 Å². The molecule has 0 aliphatic carbocycles. The summed E-state index contributed by atoms with van der Waals surface area (Å²) < 4.78 is 27.3. The van der Waals surface area contributed by atoms with E-state index in [9.17, 15) is 4.79 Å². The van der Waals surface area contributed by atoms with Gasteiger partial charge in [0.1, 0.15) is 24.0 Å². The van der Waals surface area contributed by atoms with Gasteiger partial charge in [-0.15, -0.1) is 0 Å². The van der Waals surface area contributed by atoms with Crippen LogP contribution in [0.1, 0.15) is 27.0 Å². The summed E-state index contributed by atoms with van der Waals surface area (Å²) in [5.74, 6) is 2.18. The molecule has 8 nitrogen and oxygen atoms in total. The molecule has 3 aromatic rings. The first-order chi connectivity index (χ1) is 17.7. The minimum absolute atomic E-state index is 0.134. The van der Waals surface area contributed by atoms with Crippen molar-refractivity contribution in [3.8, 4) is 17.2 Å². The zero-order valence-corrected chi connectivity index (χ0v) is 20.1. The molecule has 1 aromatic heterocycles. The highest BCUT2D eigenvalue weighted by molar-refractivity contribution is 6.15. The van der Waals surface area contributed by atoms with E-state index >= 15 is 0 Å². The summed E-state index contributed by atoms with van der Waals surface area (Å²) in [5.41, 5.74) is 3.40. The molecular weight excluding hydrogens is 460 g/mol. The van der Waals surface area contributed by atoms with Crippen molar-refractivity contribution in [2.45, 2.75) is 13.1 Å². The number of fused-ring (bicyclic) bond motifs is 3. The number of benzene rings is 2. The number of carbonyl (C=O) groups excluding carboxylic acids is 1. The lowest BCUT2D eigenvalue weighted by atomic mass is 10.0. The predicted octanol–water partition coefficient (Wildman–Crippen LogP) is 4.09. The Morgan fingerprint density at radius 3 is 2.47 bits per heavy atom. The second-order valence-electron chi connectivity index (χ2n) is 8.44. The molecule has 0 saturated carbocycles. The van der Waals surface area contributed by atoms with Crippen LogP contribution < -0.4 is 14.2 Å². The molecule has 3 aliphatic heterocycles. The Morgan fingerprint density at radius 2 is 1.75 bits per heavy atom. The Morgan fingerprint density at radius 1 is 1.00 bits per heavy atom. The predicted molar refractivity (Wildman–Crippen MR) is 133 cm³/mol. The summed E-state index contributed by atoms with van der Waals surface area (Å²) in [7, 11) is 1.61. The summed E-state index contributed by atoms with van der Waals surface area (Å²) in [5, 5.41) is 0. The van der Waals surface area contributed by atoms with Crippen LogP contribution >= 0.6 is 0 Å². The van der Waals surface area contributed by atoms with Gasteiger partial charge in [-0.05, 0) is 42.0 Å². The number of pyridine rings is 1. The lowest BCUT2D eigenvalue weighted by Crippen LogP contribution is -2.31. The molecule has 6 rings (SSSR count). The lowest BCUT2D eigenvalue weighted by Gasteiger charge is -2.29. The van der Waals surface area contributed by atoms with E-state index in [0.29, 0.717) is 30.3 Å². The van der Waals surface area contributed by atoms with E-state index in [4.69, 9.17) is 23.7 Å². The third kappa shape index (κ3) is 5.41. The fourth-order valence-electron chi connectivity index (χ4n) is 4.22. The van der Waals surface area contributed by atoms with Crippen LogP contribution in [0.4, 0.5) is 0 Å². The van der Waals surface area contributed by atoms with Gasteiger partial charge in [0.25, 0.3) is 0 Å². The van der Waals surface area contributed by atoms with Crippen molar-refractivity contribution < 1.29 is 28.5 Å². The molecule has 2 aromatic carbocycles. The fraction of sp³-hybridized carbons (Fsp3) is 0.286. The molecule has 3 aliphatic rings. The number of rotatable bonds is 4. The van der Waals surface area contributed by atoms with E-state index < -0.39 is 0 Å². The molecule has 1 fully saturated rings. The highest BCUT2D eigenvalue weighted by atomic mass is 16.6. The van der Waals surface area contributed by atoms with E-state index in [1.807, 2.05) is 42.5 Å². The SMILES string of the molecule is C1COCCO1.COc1ccccc1C=C1Oc2c(ccc3c2CN(Cc2ccncc2)CO3)C1=O. The molecule has 0 bridgehead atoms. The second-order valence-corrected chi connectivity index (χ2v) is 8.44. The summed E-state index contributed by atoms with van der Waals surface area (Å²) in [6.07, 6.45) is 5.29. The number of para-hydroxylation sites is 1. The Bertz CT molecular complexity index is 1230. The Kier molecular flexibility index (Phi) is 7.56. The number of hydrogen-bond donors (Lipinski definition) is 0. The van der Waals surface area contributed by atoms with Crippen molar-refractivity contribution >= 4 is 11.9 Å². The molecule has 1 saturated heterocycles. The average molecular weight is 489 g/mol. The first-order valence-corrected chi connectivity index (χ1v) is 11.9. The number of nitrogens with zero attached hydrogens (tertiary/aromatic N) is 2. The normalized spacial score (nSPS) is 17.8. The monoisotopic (exact) mass is 488 g/mol. The Labute approximate surface area is 210 Å². The summed E-state index contributed by atoms with van der Waals surface area (Å²) >= 11 is 0. The number of carbonyl (C=O) groups is 1. The van der Waals surface area contributed by atoms with Crippen LogP contribution in [-0.2, 0) is 22.6 Å². The molecule has 8 heteroatoms. The number of aromatic nitrogens is 1. The number of ketones is 1. The van der Waals surface area contributed by atoms with Crippen molar-refractivity contribution in [3.05, 3.63) is 88.9 Å². The molecular formula is C28H28N2O6. The van der Waals surface area contributed by atoms with Crippen LogP contribution in [0.15, 0.2) is 66.7 Å². The van der Waals surface area contributed by atoms with E-state index in [-0.39, 0.29) is 11.5 Å². The van der Waals surface area contributed by atoms with Crippen LogP contribution in [0.3, 0.4) is 0 Å². The number of hydrogen-bond acceptors (Lipinski definition) is 8. The number of allylic oxidation sites excluding steroid dienone is 1. The van der Waals surface area contributed by atoms with Gasteiger partial charge in [0.2, 0.25) is 5.78 Å². The molecule has 0 atom stereocenters. The largest absolute Gasteiger partial charge is 0.496 e. The van der Waals surface area contributed by atoms with Crippen molar-refractivity contribution in [2.24, 2.45) is 0 Å². The van der Waals surface area contributed by atoms with Gasteiger partial charge in [0, 0.05) is 31.0 Å². The van der Waals surface area contributed by atoms with Crippen molar-refractivity contribution in [1.82, 2.24) is 9.88 Å².